The number of fused-ring (bicyclic) bond motifs is 1. The van der Waals surface area contributed by atoms with Crippen LogP contribution < -0.4 is 9.47 Å². The van der Waals surface area contributed by atoms with Gasteiger partial charge in [-0.05, 0) is 23.8 Å². The van der Waals surface area contributed by atoms with Crippen LogP contribution in [0.4, 0.5) is 0 Å². The first-order valence-corrected chi connectivity index (χ1v) is 5.22. The highest BCUT2D eigenvalue weighted by Gasteiger charge is 2.13. The lowest BCUT2D eigenvalue weighted by Crippen LogP contribution is -1.85. The van der Waals surface area contributed by atoms with Gasteiger partial charge < -0.3 is 14.5 Å². The van der Waals surface area contributed by atoms with Crippen molar-refractivity contribution in [2.75, 3.05) is 13.7 Å². The number of aromatic amines is 1. The topological polar surface area (TPSA) is 47.1 Å². The highest BCUT2D eigenvalue weighted by Crippen LogP contribution is 2.30. The van der Waals surface area contributed by atoms with Gasteiger partial charge in [-0.3, -0.25) is 0 Å². The Labute approximate surface area is 93.2 Å². The molecule has 0 amide bonds. The van der Waals surface area contributed by atoms with Crippen LogP contribution in [-0.2, 0) is 6.42 Å². The van der Waals surface area contributed by atoms with E-state index in [1.807, 2.05) is 12.1 Å². The number of rotatable bonds is 2. The molecule has 0 atom stereocenters. The fourth-order valence-corrected chi connectivity index (χ4v) is 1.91. The van der Waals surface area contributed by atoms with Gasteiger partial charge in [0.15, 0.2) is 0 Å². The predicted octanol–water partition coefficient (Wildman–Crippen LogP) is 2.02. The smallest absolute Gasteiger partial charge is 0.293 e. The van der Waals surface area contributed by atoms with Gasteiger partial charge in [0, 0.05) is 12.0 Å². The van der Waals surface area contributed by atoms with E-state index in [1.165, 1.54) is 5.56 Å². The summed E-state index contributed by atoms with van der Waals surface area (Å²) in [5.41, 5.74) is 3.33. The molecule has 2 aromatic rings. The molecule has 3 rings (SSSR count). The van der Waals surface area contributed by atoms with E-state index in [4.69, 9.17) is 9.47 Å². The third-order valence-corrected chi connectivity index (χ3v) is 2.75. The maximum atomic E-state index is 5.47. The lowest BCUT2D eigenvalue weighted by atomic mass is 10.1. The number of hydrogen-bond acceptors (Lipinski definition) is 3. The fourth-order valence-electron chi connectivity index (χ4n) is 1.91. The molecule has 1 aliphatic rings. The van der Waals surface area contributed by atoms with Crippen molar-refractivity contribution in [2.24, 2.45) is 0 Å². The van der Waals surface area contributed by atoms with Crippen molar-refractivity contribution in [2.45, 2.75) is 6.42 Å². The predicted molar refractivity (Wildman–Crippen MR) is 59.8 cm³/mol. The summed E-state index contributed by atoms with van der Waals surface area (Å²) in [7, 11) is 1.60. The number of ether oxygens (including phenoxy) is 2. The molecule has 1 aromatic heterocycles. The minimum Gasteiger partial charge on any atom is -0.493 e. The molecule has 0 unspecified atom stereocenters. The van der Waals surface area contributed by atoms with Crippen molar-refractivity contribution in [1.29, 1.82) is 0 Å². The molecule has 16 heavy (non-hydrogen) atoms. The molecule has 1 aliphatic heterocycles. The van der Waals surface area contributed by atoms with Crippen molar-refractivity contribution >= 4 is 0 Å². The fraction of sp³-hybridized carbons (Fsp3) is 0.250. The molecule has 0 fully saturated rings. The van der Waals surface area contributed by atoms with E-state index in [0.29, 0.717) is 6.01 Å². The first-order chi connectivity index (χ1) is 7.86. The number of imidazole rings is 1. The number of benzene rings is 1. The van der Waals surface area contributed by atoms with E-state index in [-0.39, 0.29) is 0 Å². The number of hydrogen-bond donors (Lipinski definition) is 1. The number of nitrogens with one attached hydrogen (secondary N) is 1. The standard InChI is InChI=1S/C12H12N2O2/c1-15-12-13-7-10(14-12)8-2-3-11-9(6-8)4-5-16-11/h2-3,6-7H,4-5H2,1H3,(H,13,14). The van der Waals surface area contributed by atoms with Crippen LogP contribution in [0.15, 0.2) is 24.4 Å². The zero-order valence-corrected chi connectivity index (χ0v) is 8.99. The lowest BCUT2D eigenvalue weighted by Gasteiger charge is -2.01. The van der Waals surface area contributed by atoms with Crippen molar-refractivity contribution in [3.05, 3.63) is 30.0 Å². The van der Waals surface area contributed by atoms with E-state index in [2.05, 4.69) is 16.0 Å². The molecule has 2 heterocycles. The molecule has 82 valence electrons. The normalized spacial score (nSPS) is 13.3. The molecule has 4 nitrogen and oxygen atoms in total. The lowest BCUT2D eigenvalue weighted by molar-refractivity contribution is 0.357. The Morgan fingerprint density at radius 3 is 3.19 bits per heavy atom. The SMILES string of the molecule is COc1ncc(-c2ccc3c(c2)CCO3)[nH]1. The molecule has 0 saturated heterocycles. The maximum Gasteiger partial charge on any atom is 0.293 e. The molecule has 4 heteroatoms. The Hall–Kier alpha value is -1.97. The average Bonchev–Trinajstić information content (AvgIpc) is 2.96. The van der Waals surface area contributed by atoms with Crippen LogP contribution in [0.5, 0.6) is 11.8 Å². The summed E-state index contributed by atoms with van der Waals surface area (Å²) in [6.07, 6.45) is 2.75. The number of methoxy groups -OCH3 is 1. The molecule has 1 N–H and O–H groups in total. The van der Waals surface area contributed by atoms with Gasteiger partial charge in [0.05, 0.1) is 25.6 Å². The summed E-state index contributed by atoms with van der Waals surface area (Å²) < 4.78 is 10.5. The summed E-state index contributed by atoms with van der Waals surface area (Å²) in [5, 5.41) is 0. The summed E-state index contributed by atoms with van der Waals surface area (Å²) in [6, 6.07) is 6.70. The van der Waals surface area contributed by atoms with Crippen molar-refractivity contribution < 1.29 is 9.47 Å². The van der Waals surface area contributed by atoms with Gasteiger partial charge in [0.2, 0.25) is 0 Å². The van der Waals surface area contributed by atoms with Gasteiger partial charge in [0.25, 0.3) is 6.01 Å². The Morgan fingerprint density at radius 1 is 1.44 bits per heavy atom. The van der Waals surface area contributed by atoms with Gasteiger partial charge >= 0.3 is 0 Å². The van der Waals surface area contributed by atoms with Crippen LogP contribution in [0.3, 0.4) is 0 Å². The van der Waals surface area contributed by atoms with Gasteiger partial charge in [-0.1, -0.05) is 0 Å². The molecular weight excluding hydrogens is 204 g/mol. The van der Waals surface area contributed by atoms with Crippen molar-refractivity contribution in [1.82, 2.24) is 9.97 Å². The molecule has 1 aromatic carbocycles. The second-order valence-electron chi connectivity index (χ2n) is 3.73. The Bertz CT molecular complexity index is 519. The van der Waals surface area contributed by atoms with Crippen LogP contribution in [0.25, 0.3) is 11.3 Å². The average molecular weight is 216 g/mol. The zero-order chi connectivity index (χ0) is 11.0. The largest absolute Gasteiger partial charge is 0.493 e. The number of aromatic nitrogens is 2. The van der Waals surface area contributed by atoms with Crippen LogP contribution in [-0.4, -0.2) is 23.7 Å². The van der Waals surface area contributed by atoms with Gasteiger partial charge in [-0.15, -0.1) is 0 Å². The van der Waals surface area contributed by atoms with E-state index < -0.39 is 0 Å². The van der Waals surface area contributed by atoms with Crippen LogP contribution in [0, 0.1) is 0 Å². The van der Waals surface area contributed by atoms with E-state index >= 15 is 0 Å². The number of H-pyrrole nitrogens is 1. The third kappa shape index (κ3) is 1.43. The van der Waals surface area contributed by atoms with Crippen LogP contribution in [0.2, 0.25) is 0 Å². The van der Waals surface area contributed by atoms with Gasteiger partial charge in [0.1, 0.15) is 5.75 Å². The van der Waals surface area contributed by atoms with Crippen LogP contribution in [0.1, 0.15) is 5.56 Å². The van der Waals surface area contributed by atoms with E-state index in [0.717, 1.165) is 30.0 Å². The first kappa shape index (κ1) is 9.27. The zero-order valence-electron chi connectivity index (χ0n) is 8.99. The highest BCUT2D eigenvalue weighted by molar-refractivity contribution is 5.62. The molecule has 0 radical (unpaired) electrons. The molecular formula is C12H12N2O2. The minimum absolute atomic E-state index is 0.534. The monoisotopic (exact) mass is 216 g/mol. The first-order valence-electron chi connectivity index (χ1n) is 5.22. The molecule has 0 aliphatic carbocycles. The minimum atomic E-state index is 0.534. The summed E-state index contributed by atoms with van der Waals surface area (Å²) in [4.78, 5) is 7.19. The third-order valence-electron chi connectivity index (χ3n) is 2.75. The molecule has 0 spiro atoms. The Kier molecular flexibility index (Phi) is 2.06. The van der Waals surface area contributed by atoms with Crippen molar-refractivity contribution in [3.63, 3.8) is 0 Å². The summed E-state index contributed by atoms with van der Waals surface area (Å²) in [5.74, 6) is 0.996. The Morgan fingerprint density at radius 2 is 2.38 bits per heavy atom. The van der Waals surface area contributed by atoms with E-state index in [1.54, 1.807) is 13.3 Å². The van der Waals surface area contributed by atoms with Crippen LogP contribution >= 0.6 is 0 Å². The van der Waals surface area contributed by atoms with Gasteiger partial charge in [-0.25, -0.2) is 4.98 Å². The van der Waals surface area contributed by atoms with Gasteiger partial charge in [-0.2, -0.15) is 0 Å². The molecule has 0 bridgehead atoms. The van der Waals surface area contributed by atoms with E-state index in [9.17, 15) is 0 Å². The second-order valence-corrected chi connectivity index (χ2v) is 3.73. The highest BCUT2D eigenvalue weighted by atomic mass is 16.5. The maximum absolute atomic E-state index is 5.47. The Balaban J connectivity index is 2.00. The molecule has 0 saturated carbocycles. The second kappa shape index (κ2) is 3.56. The van der Waals surface area contributed by atoms with Crippen molar-refractivity contribution in [3.8, 4) is 23.0 Å². The quantitative estimate of drug-likeness (QED) is 0.835. The summed E-state index contributed by atoms with van der Waals surface area (Å²) in [6.45, 7) is 0.783. The number of nitrogens with zero attached hydrogens (tertiary/aromatic N) is 1. The summed E-state index contributed by atoms with van der Waals surface area (Å²) >= 11 is 0.